The summed E-state index contributed by atoms with van der Waals surface area (Å²) >= 11 is 4.84. The predicted molar refractivity (Wildman–Crippen MR) is 52.0 cm³/mol. The zero-order chi connectivity index (χ0) is 11.6. The molecule has 0 aliphatic rings. The lowest BCUT2D eigenvalue weighted by molar-refractivity contribution is 0.0496. The Balaban J connectivity index is 3.13. The molecule has 1 unspecified atom stereocenters. The molecular weight excluding hydrogens is 229 g/mol. The Labute approximate surface area is 90.2 Å². The average Bonchev–Trinajstić information content (AvgIpc) is 1.99. The number of halogens is 4. The van der Waals surface area contributed by atoms with Gasteiger partial charge in [0.25, 0.3) is 0 Å². The van der Waals surface area contributed by atoms with Crippen LogP contribution in [0.5, 0.6) is 0 Å². The normalized spacial score (nSPS) is 14.0. The first-order valence-corrected chi connectivity index (χ1v) is 4.52. The van der Waals surface area contributed by atoms with Gasteiger partial charge in [0.2, 0.25) is 0 Å². The van der Waals surface area contributed by atoms with E-state index < -0.39 is 17.2 Å². The van der Waals surface area contributed by atoms with Crippen molar-refractivity contribution < 1.29 is 13.2 Å². The van der Waals surface area contributed by atoms with Crippen molar-refractivity contribution in [2.45, 2.75) is 18.3 Å². The molecule has 3 N–H and O–H groups in total. The van der Waals surface area contributed by atoms with Crippen molar-refractivity contribution in [1.82, 2.24) is 5.43 Å². The van der Waals surface area contributed by atoms with Crippen molar-refractivity contribution in [2.24, 2.45) is 5.84 Å². The van der Waals surface area contributed by atoms with E-state index in [0.29, 0.717) is 5.56 Å². The van der Waals surface area contributed by atoms with Gasteiger partial charge in [-0.05, 0) is 41.8 Å². The second-order valence-electron chi connectivity index (χ2n) is 3.20. The molecule has 0 aliphatic heterocycles. The summed E-state index contributed by atoms with van der Waals surface area (Å²) in [5, 5.41) is -3.57. The van der Waals surface area contributed by atoms with Crippen LogP contribution in [-0.2, 0) is 0 Å². The molecule has 1 aromatic carbocycles. The zero-order valence-corrected chi connectivity index (χ0v) is 8.65. The summed E-state index contributed by atoms with van der Waals surface area (Å²) in [6.07, 6.45) is 0. The number of nitrogens with two attached hydrogens (primary N) is 1. The molecule has 0 bridgehead atoms. The molecule has 1 aromatic rings. The van der Waals surface area contributed by atoms with Crippen molar-refractivity contribution in [3.05, 3.63) is 35.1 Å². The number of hydrazine groups is 1. The van der Waals surface area contributed by atoms with Gasteiger partial charge < -0.3 is 0 Å². The topological polar surface area (TPSA) is 38.0 Å². The number of hydrogen-bond acceptors (Lipinski definition) is 2. The van der Waals surface area contributed by atoms with E-state index in [4.69, 9.17) is 17.4 Å². The zero-order valence-electron chi connectivity index (χ0n) is 7.90. The molecule has 2 nitrogen and oxygen atoms in total. The summed E-state index contributed by atoms with van der Waals surface area (Å²) in [5.41, 5.74) is 2.39. The fourth-order valence-electron chi connectivity index (χ4n) is 1.31. The van der Waals surface area contributed by atoms with Gasteiger partial charge in [0.15, 0.2) is 0 Å². The van der Waals surface area contributed by atoms with Crippen LogP contribution >= 0.6 is 11.6 Å². The number of alkyl halides is 3. The fourth-order valence-corrected chi connectivity index (χ4v) is 1.50. The highest BCUT2D eigenvalue weighted by molar-refractivity contribution is 6.22. The molecule has 0 radical (unpaired) electrons. The van der Waals surface area contributed by atoms with Gasteiger partial charge in [-0.15, -0.1) is 0 Å². The van der Waals surface area contributed by atoms with Crippen molar-refractivity contribution in [3.8, 4) is 0 Å². The standard InChI is InChI=1S/C9H10ClF3N2/c1-5-2-6(4-7(11)3-5)8(15-14)9(10,12)13/h2-4,8,15H,14H2,1H3. The van der Waals surface area contributed by atoms with E-state index in [1.165, 1.54) is 12.1 Å². The lowest BCUT2D eigenvalue weighted by Gasteiger charge is -2.21. The van der Waals surface area contributed by atoms with Crippen molar-refractivity contribution in [3.63, 3.8) is 0 Å². The Morgan fingerprint density at radius 3 is 2.40 bits per heavy atom. The van der Waals surface area contributed by atoms with E-state index in [0.717, 1.165) is 6.07 Å². The van der Waals surface area contributed by atoms with Gasteiger partial charge in [-0.3, -0.25) is 5.84 Å². The summed E-state index contributed by atoms with van der Waals surface area (Å²) in [5.74, 6) is 4.35. The van der Waals surface area contributed by atoms with Gasteiger partial charge in [-0.25, -0.2) is 9.82 Å². The fraction of sp³-hybridized carbons (Fsp3) is 0.333. The van der Waals surface area contributed by atoms with E-state index in [1.807, 2.05) is 5.43 Å². The maximum Gasteiger partial charge on any atom is 0.342 e. The van der Waals surface area contributed by atoms with Gasteiger partial charge in [0, 0.05) is 0 Å². The van der Waals surface area contributed by atoms with Crippen molar-refractivity contribution in [1.29, 1.82) is 0 Å². The Bertz CT molecular complexity index is 331. The van der Waals surface area contributed by atoms with Crippen LogP contribution in [0.25, 0.3) is 0 Å². The first-order chi connectivity index (χ1) is 6.84. The van der Waals surface area contributed by atoms with Crippen LogP contribution in [0.3, 0.4) is 0 Å². The van der Waals surface area contributed by atoms with Gasteiger partial charge in [-0.2, -0.15) is 8.78 Å². The Morgan fingerprint density at radius 2 is 2.00 bits per heavy atom. The monoisotopic (exact) mass is 238 g/mol. The van der Waals surface area contributed by atoms with Crippen LogP contribution in [0.15, 0.2) is 18.2 Å². The summed E-state index contributed by atoms with van der Waals surface area (Å²) in [7, 11) is 0. The molecular formula is C9H10ClF3N2. The molecule has 0 saturated carbocycles. The maximum absolute atomic E-state index is 13.0. The molecule has 0 saturated heterocycles. The van der Waals surface area contributed by atoms with E-state index in [9.17, 15) is 13.2 Å². The molecule has 84 valence electrons. The molecule has 0 spiro atoms. The minimum Gasteiger partial charge on any atom is -0.271 e. The highest BCUT2D eigenvalue weighted by atomic mass is 35.5. The van der Waals surface area contributed by atoms with E-state index in [-0.39, 0.29) is 5.56 Å². The molecule has 0 heterocycles. The largest absolute Gasteiger partial charge is 0.342 e. The first-order valence-electron chi connectivity index (χ1n) is 4.14. The van der Waals surface area contributed by atoms with Gasteiger partial charge in [0.05, 0.1) is 0 Å². The van der Waals surface area contributed by atoms with E-state index >= 15 is 0 Å². The Kier molecular flexibility index (Phi) is 3.59. The second kappa shape index (κ2) is 4.38. The van der Waals surface area contributed by atoms with Crippen molar-refractivity contribution >= 4 is 11.6 Å². The SMILES string of the molecule is Cc1cc(F)cc(C(NN)C(F)(F)Cl)c1. The molecule has 6 heteroatoms. The van der Waals surface area contributed by atoms with Gasteiger partial charge >= 0.3 is 5.38 Å². The minimum absolute atomic E-state index is 0.00926. The molecule has 0 aliphatic carbocycles. The molecule has 15 heavy (non-hydrogen) atoms. The third kappa shape index (κ3) is 3.09. The van der Waals surface area contributed by atoms with Crippen LogP contribution in [0.4, 0.5) is 13.2 Å². The van der Waals surface area contributed by atoms with Crippen LogP contribution in [0.2, 0.25) is 0 Å². The highest BCUT2D eigenvalue weighted by Crippen LogP contribution is 2.34. The Morgan fingerprint density at radius 1 is 1.40 bits per heavy atom. The van der Waals surface area contributed by atoms with Crippen LogP contribution in [0, 0.1) is 12.7 Å². The van der Waals surface area contributed by atoms with Gasteiger partial charge in [0.1, 0.15) is 11.9 Å². The quantitative estimate of drug-likeness (QED) is 0.482. The third-order valence-electron chi connectivity index (χ3n) is 1.89. The highest BCUT2D eigenvalue weighted by Gasteiger charge is 2.37. The van der Waals surface area contributed by atoms with Crippen LogP contribution in [0.1, 0.15) is 17.2 Å². The smallest absolute Gasteiger partial charge is 0.271 e. The lowest BCUT2D eigenvalue weighted by Crippen LogP contribution is -2.37. The number of hydrogen-bond donors (Lipinski definition) is 2. The third-order valence-corrected chi connectivity index (χ3v) is 2.11. The number of rotatable bonds is 3. The second-order valence-corrected chi connectivity index (χ2v) is 3.71. The van der Waals surface area contributed by atoms with Gasteiger partial charge in [-0.1, -0.05) is 6.07 Å². The van der Waals surface area contributed by atoms with Crippen molar-refractivity contribution in [2.75, 3.05) is 0 Å². The molecule has 0 fully saturated rings. The van der Waals surface area contributed by atoms with Crippen LogP contribution in [-0.4, -0.2) is 5.38 Å². The summed E-state index contributed by atoms with van der Waals surface area (Å²) in [6.45, 7) is 1.59. The molecule has 0 amide bonds. The molecule has 1 atom stereocenters. The summed E-state index contributed by atoms with van der Waals surface area (Å²) in [4.78, 5) is 0. The first kappa shape index (κ1) is 12.3. The summed E-state index contributed by atoms with van der Waals surface area (Å²) in [6, 6.07) is 1.97. The van der Waals surface area contributed by atoms with E-state index in [1.54, 1.807) is 6.92 Å². The molecule has 0 aromatic heterocycles. The Hall–Kier alpha value is -0.780. The van der Waals surface area contributed by atoms with E-state index in [2.05, 4.69) is 0 Å². The summed E-state index contributed by atoms with van der Waals surface area (Å²) < 4.78 is 38.6. The maximum atomic E-state index is 13.0. The minimum atomic E-state index is -3.57. The lowest BCUT2D eigenvalue weighted by atomic mass is 10.0. The predicted octanol–water partition coefficient (Wildman–Crippen LogP) is 2.47. The average molecular weight is 239 g/mol. The van der Waals surface area contributed by atoms with Crippen LogP contribution < -0.4 is 11.3 Å². The number of aryl methyl sites for hydroxylation is 1. The number of benzene rings is 1. The number of nitrogens with one attached hydrogen (secondary N) is 1. The molecule has 1 rings (SSSR count).